The number of nitrogens with one attached hydrogen (secondary N) is 1. The Morgan fingerprint density at radius 3 is 2.69 bits per heavy atom. The lowest BCUT2D eigenvalue weighted by Gasteiger charge is -2.09. The van der Waals surface area contributed by atoms with Crippen LogP contribution >= 0.6 is 34.5 Å². The lowest BCUT2D eigenvalue weighted by atomic mass is 10.1. The average Bonchev–Trinajstić information content (AvgIpc) is 3.41. The predicted octanol–water partition coefficient (Wildman–Crippen LogP) is 6.14. The number of carbonyl (C=O) groups excluding carboxylic acids is 1. The summed E-state index contributed by atoms with van der Waals surface area (Å²) in [6.07, 6.45) is 1.52. The van der Waals surface area contributed by atoms with Gasteiger partial charge in [-0.05, 0) is 54.6 Å². The maximum absolute atomic E-state index is 12.6. The zero-order valence-corrected chi connectivity index (χ0v) is 19.8. The van der Waals surface area contributed by atoms with Crippen molar-refractivity contribution in [3.63, 3.8) is 0 Å². The summed E-state index contributed by atoms with van der Waals surface area (Å²) >= 11 is 13.8. The standard InChI is InChI=1S/C23H20Cl2N4O2S/c1-14-5-3-8-20(15(14)2)31-11-16-9-21(32-12-16)22(30)27-23-26-13-29(28-23)10-17-18(24)6-4-7-19(17)25/h3-9,12-13H,10-11H2,1-2H3,(H,27,28,30). The second-order valence-corrected chi connectivity index (χ2v) is 8.95. The Kier molecular flexibility index (Phi) is 6.79. The normalized spacial score (nSPS) is 10.9. The van der Waals surface area contributed by atoms with Crippen molar-refractivity contribution in [1.82, 2.24) is 14.8 Å². The highest BCUT2D eigenvalue weighted by Crippen LogP contribution is 2.25. The Bertz CT molecular complexity index is 1250. The van der Waals surface area contributed by atoms with Gasteiger partial charge in [-0.1, -0.05) is 41.4 Å². The minimum atomic E-state index is -0.276. The molecule has 4 aromatic rings. The smallest absolute Gasteiger partial charge is 0.268 e. The number of benzene rings is 2. The number of ether oxygens (including phenoxy) is 1. The van der Waals surface area contributed by atoms with Gasteiger partial charge in [0.2, 0.25) is 5.95 Å². The number of thiophene rings is 1. The van der Waals surface area contributed by atoms with Gasteiger partial charge in [-0.3, -0.25) is 10.1 Å². The van der Waals surface area contributed by atoms with E-state index in [1.165, 1.54) is 23.2 Å². The summed E-state index contributed by atoms with van der Waals surface area (Å²) in [5.74, 6) is 0.775. The van der Waals surface area contributed by atoms with Gasteiger partial charge in [0.15, 0.2) is 0 Å². The Balaban J connectivity index is 1.37. The molecule has 32 heavy (non-hydrogen) atoms. The molecule has 9 heteroatoms. The zero-order chi connectivity index (χ0) is 22.7. The molecular weight excluding hydrogens is 467 g/mol. The van der Waals surface area contributed by atoms with Gasteiger partial charge in [-0.25, -0.2) is 9.67 Å². The zero-order valence-electron chi connectivity index (χ0n) is 17.4. The second kappa shape index (κ2) is 9.73. The summed E-state index contributed by atoms with van der Waals surface area (Å²) in [4.78, 5) is 17.3. The molecule has 0 fully saturated rings. The fourth-order valence-corrected chi connectivity index (χ4v) is 4.36. The van der Waals surface area contributed by atoms with Crippen LogP contribution in [0, 0.1) is 13.8 Å². The summed E-state index contributed by atoms with van der Waals surface area (Å²) in [5.41, 5.74) is 3.95. The lowest BCUT2D eigenvalue weighted by molar-refractivity contribution is 0.102. The highest BCUT2D eigenvalue weighted by molar-refractivity contribution is 7.12. The molecule has 0 saturated carbocycles. The van der Waals surface area contributed by atoms with Gasteiger partial charge >= 0.3 is 0 Å². The molecule has 6 nitrogen and oxygen atoms in total. The van der Waals surface area contributed by atoms with Crippen LogP contribution in [0.4, 0.5) is 5.95 Å². The van der Waals surface area contributed by atoms with E-state index in [4.69, 9.17) is 27.9 Å². The van der Waals surface area contributed by atoms with Crippen LogP contribution in [0.5, 0.6) is 5.75 Å². The Morgan fingerprint density at radius 1 is 1.16 bits per heavy atom. The first-order valence-electron chi connectivity index (χ1n) is 9.81. The maximum Gasteiger partial charge on any atom is 0.268 e. The Hall–Kier alpha value is -2.87. The number of hydrogen-bond acceptors (Lipinski definition) is 5. The van der Waals surface area contributed by atoms with E-state index in [1.54, 1.807) is 22.9 Å². The molecule has 4 rings (SSSR count). The Labute approximate surface area is 199 Å². The minimum Gasteiger partial charge on any atom is -0.489 e. The summed E-state index contributed by atoms with van der Waals surface area (Å²) in [6, 6.07) is 13.1. The van der Waals surface area contributed by atoms with Crippen molar-refractivity contribution < 1.29 is 9.53 Å². The number of hydrogen-bond donors (Lipinski definition) is 1. The first-order chi connectivity index (χ1) is 15.4. The number of anilines is 1. The molecule has 0 bridgehead atoms. The van der Waals surface area contributed by atoms with E-state index in [2.05, 4.69) is 15.4 Å². The number of halogens is 2. The molecule has 0 radical (unpaired) electrons. The van der Waals surface area contributed by atoms with Gasteiger partial charge < -0.3 is 4.74 Å². The van der Waals surface area contributed by atoms with E-state index < -0.39 is 0 Å². The van der Waals surface area contributed by atoms with Gasteiger partial charge in [0.05, 0.1) is 11.4 Å². The molecule has 1 amide bonds. The third-order valence-electron chi connectivity index (χ3n) is 4.97. The predicted molar refractivity (Wildman–Crippen MR) is 128 cm³/mol. The molecule has 0 atom stereocenters. The van der Waals surface area contributed by atoms with Gasteiger partial charge in [-0.2, -0.15) is 0 Å². The van der Waals surface area contributed by atoms with Crippen LogP contribution in [0.2, 0.25) is 10.0 Å². The van der Waals surface area contributed by atoms with Gasteiger partial charge in [-0.15, -0.1) is 16.4 Å². The molecule has 2 aromatic carbocycles. The van der Waals surface area contributed by atoms with E-state index in [9.17, 15) is 4.79 Å². The van der Waals surface area contributed by atoms with Crippen molar-refractivity contribution in [2.75, 3.05) is 5.32 Å². The molecule has 0 saturated heterocycles. The van der Waals surface area contributed by atoms with Gasteiger partial charge in [0.25, 0.3) is 5.91 Å². The lowest BCUT2D eigenvalue weighted by Crippen LogP contribution is -2.12. The highest BCUT2D eigenvalue weighted by atomic mass is 35.5. The fraction of sp³-hybridized carbons (Fsp3) is 0.174. The molecule has 2 aromatic heterocycles. The number of amides is 1. The molecule has 0 unspecified atom stereocenters. The van der Waals surface area contributed by atoms with E-state index in [0.717, 1.165) is 22.4 Å². The molecule has 0 aliphatic carbocycles. The quantitative estimate of drug-likeness (QED) is 0.340. The third-order valence-corrected chi connectivity index (χ3v) is 6.66. The number of aromatic nitrogens is 3. The first-order valence-corrected chi connectivity index (χ1v) is 11.4. The van der Waals surface area contributed by atoms with E-state index in [-0.39, 0.29) is 11.9 Å². The summed E-state index contributed by atoms with van der Waals surface area (Å²) in [7, 11) is 0. The summed E-state index contributed by atoms with van der Waals surface area (Å²) in [5, 5.41) is 10.0. The van der Waals surface area contributed by atoms with Crippen LogP contribution in [0.25, 0.3) is 0 Å². The third kappa shape index (κ3) is 5.12. The summed E-state index contributed by atoms with van der Waals surface area (Å²) < 4.78 is 7.49. The molecule has 0 spiro atoms. The van der Waals surface area contributed by atoms with Crippen LogP contribution in [-0.2, 0) is 13.2 Å². The monoisotopic (exact) mass is 486 g/mol. The number of carbonyl (C=O) groups is 1. The van der Waals surface area contributed by atoms with Gasteiger partial charge in [0.1, 0.15) is 18.7 Å². The second-order valence-electron chi connectivity index (χ2n) is 7.23. The molecule has 1 N–H and O–H groups in total. The number of nitrogens with zero attached hydrogens (tertiary/aromatic N) is 3. The fourth-order valence-electron chi connectivity index (χ4n) is 3.05. The van der Waals surface area contributed by atoms with Crippen molar-refractivity contribution in [3.8, 4) is 5.75 Å². The van der Waals surface area contributed by atoms with Crippen molar-refractivity contribution in [3.05, 3.63) is 91.3 Å². The maximum atomic E-state index is 12.6. The first kappa shape index (κ1) is 22.3. The van der Waals surface area contributed by atoms with Crippen molar-refractivity contribution >= 4 is 46.4 Å². The van der Waals surface area contributed by atoms with E-state index in [0.29, 0.717) is 28.1 Å². The van der Waals surface area contributed by atoms with E-state index in [1.807, 2.05) is 43.5 Å². The SMILES string of the molecule is Cc1cccc(OCc2csc(C(=O)Nc3ncn(Cc4c(Cl)cccc4Cl)n3)c2)c1C. The average molecular weight is 487 g/mol. The molecular formula is C23H20Cl2N4O2S. The van der Waals surface area contributed by atoms with Crippen LogP contribution in [0.15, 0.2) is 54.2 Å². The summed E-state index contributed by atoms with van der Waals surface area (Å²) in [6.45, 7) is 4.82. The van der Waals surface area contributed by atoms with Crippen LogP contribution in [0.3, 0.4) is 0 Å². The van der Waals surface area contributed by atoms with E-state index >= 15 is 0 Å². The largest absolute Gasteiger partial charge is 0.489 e. The number of rotatable bonds is 7. The van der Waals surface area contributed by atoms with Crippen molar-refractivity contribution in [2.45, 2.75) is 27.0 Å². The van der Waals surface area contributed by atoms with Crippen LogP contribution in [0.1, 0.15) is 31.9 Å². The Morgan fingerprint density at radius 2 is 1.91 bits per heavy atom. The molecule has 164 valence electrons. The van der Waals surface area contributed by atoms with Crippen LogP contribution in [-0.4, -0.2) is 20.7 Å². The minimum absolute atomic E-state index is 0.208. The number of aryl methyl sites for hydroxylation is 1. The molecule has 0 aliphatic rings. The van der Waals surface area contributed by atoms with Crippen LogP contribution < -0.4 is 10.1 Å². The van der Waals surface area contributed by atoms with Crippen molar-refractivity contribution in [1.29, 1.82) is 0 Å². The van der Waals surface area contributed by atoms with Crippen molar-refractivity contribution in [2.24, 2.45) is 0 Å². The topological polar surface area (TPSA) is 69.0 Å². The molecule has 0 aliphatic heterocycles. The molecule has 2 heterocycles. The highest BCUT2D eigenvalue weighted by Gasteiger charge is 2.14. The van der Waals surface area contributed by atoms with Gasteiger partial charge in [0, 0.05) is 21.2 Å².